The Bertz CT molecular complexity index is 753. The molecule has 0 spiro atoms. The molecule has 0 heterocycles. The van der Waals surface area contributed by atoms with Crippen LogP contribution in [0.25, 0.3) is 0 Å². The van der Waals surface area contributed by atoms with Crippen molar-refractivity contribution in [3.63, 3.8) is 0 Å². The van der Waals surface area contributed by atoms with Crippen molar-refractivity contribution in [2.75, 3.05) is 13.2 Å². The monoisotopic (exact) mass is 489 g/mol. The van der Waals surface area contributed by atoms with Crippen molar-refractivity contribution < 1.29 is 18.9 Å². The van der Waals surface area contributed by atoms with Crippen LogP contribution < -0.4 is 0 Å². The number of fused-ring (bicyclic) bond motifs is 5. The minimum absolute atomic E-state index is 0.00685. The number of nitriles is 1. The maximum atomic E-state index is 10.4. The lowest BCUT2D eigenvalue weighted by Gasteiger charge is -2.58. The predicted octanol–water partition coefficient (Wildman–Crippen LogP) is 7.24. The highest BCUT2D eigenvalue weighted by Gasteiger charge is 2.65. The average Bonchev–Trinajstić information content (AvgIpc) is 3.11. The van der Waals surface area contributed by atoms with Gasteiger partial charge in [-0.3, -0.25) is 0 Å². The summed E-state index contributed by atoms with van der Waals surface area (Å²) in [4.78, 5) is 0. The molecule has 4 fully saturated rings. The molecule has 0 bridgehead atoms. The molecule has 4 aliphatic rings. The van der Waals surface area contributed by atoms with E-state index in [0.29, 0.717) is 19.1 Å². The standard InChI is InChI=1S/C30H51NO4/c1-7-15-29(34-21(4)32-8-2)17-13-24-23(19-29)10-11-26-25(24)12-16-28(6)27(26)14-18-30(28,20-31)35-22(5)33-9-3/h21-27H,7-19H2,1-6H3/t21?,22?,23-,24+,25-,26-,27+,28+,29+,30?/m1/s1. The van der Waals surface area contributed by atoms with E-state index in [1.807, 2.05) is 20.8 Å². The van der Waals surface area contributed by atoms with Gasteiger partial charge >= 0.3 is 0 Å². The maximum absolute atomic E-state index is 10.4. The fourth-order valence-corrected chi connectivity index (χ4v) is 9.37. The van der Waals surface area contributed by atoms with Crippen molar-refractivity contribution in [1.82, 2.24) is 0 Å². The molecule has 4 rings (SSSR count). The van der Waals surface area contributed by atoms with E-state index in [-0.39, 0.29) is 23.6 Å². The summed E-state index contributed by atoms with van der Waals surface area (Å²) in [5.41, 5.74) is -0.787. The van der Waals surface area contributed by atoms with Gasteiger partial charge in [-0.15, -0.1) is 0 Å². The summed E-state index contributed by atoms with van der Waals surface area (Å²) in [6.07, 6.45) is 12.4. The van der Waals surface area contributed by atoms with Crippen LogP contribution in [0.3, 0.4) is 0 Å². The van der Waals surface area contributed by atoms with Gasteiger partial charge in [0, 0.05) is 18.6 Å². The lowest BCUT2D eigenvalue weighted by atomic mass is 9.48. The number of nitrogens with zero attached hydrogens (tertiary/aromatic N) is 1. The van der Waals surface area contributed by atoms with Crippen LogP contribution in [-0.2, 0) is 18.9 Å². The molecular weight excluding hydrogens is 438 g/mol. The van der Waals surface area contributed by atoms with Gasteiger partial charge in [0.25, 0.3) is 0 Å². The van der Waals surface area contributed by atoms with E-state index in [0.717, 1.165) is 49.4 Å². The minimum Gasteiger partial charge on any atom is -0.353 e. The first-order chi connectivity index (χ1) is 16.8. The van der Waals surface area contributed by atoms with Gasteiger partial charge in [0.15, 0.2) is 18.2 Å². The zero-order chi connectivity index (χ0) is 25.3. The van der Waals surface area contributed by atoms with E-state index in [4.69, 9.17) is 18.9 Å². The Labute approximate surface area is 214 Å². The van der Waals surface area contributed by atoms with Crippen LogP contribution in [0.4, 0.5) is 0 Å². The molecule has 4 saturated carbocycles. The highest BCUT2D eigenvalue weighted by Crippen LogP contribution is 2.66. The lowest BCUT2D eigenvalue weighted by Crippen LogP contribution is -2.56. The number of hydrogen-bond donors (Lipinski definition) is 0. The Morgan fingerprint density at radius 1 is 0.829 bits per heavy atom. The summed E-state index contributed by atoms with van der Waals surface area (Å²) in [5, 5.41) is 10.4. The van der Waals surface area contributed by atoms with Crippen LogP contribution in [0.1, 0.15) is 112 Å². The minimum atomic E-state index is -0.708. The molecule has 4 aliphatic carbocycles. The normalized spacial score (nSPS) is 44.5. The Morgan fingerprint density at radius 3 is 2.17 bits per heavy atom. The molecule has 0 amide bonds. The molecule has 0 N–H and O–H groups in total. The van der Waals surface area contributed by atoms with Crippen molar-refractivity contribution in [3.8, 4) is 6.07 Å². The van der Waals surface area contributed by atoms with Crippen molar-refractivity contribution in [2.45, 2.75) is 136 Å². The summed E-state index contributed by atoms with van der Waals surface area (Å²) >= 11 is 0. The van der Waals surface area contributed by atoms with Gasteiger partial charge in [-0.1, -0.05) is 20.3 Å². The predicted molar refractivity (Wildman–Crippen MR) is 137 cm³/mol. The van der Waals surface area contributed by atoms with E-state index in [1.165, 1.54) is 44.9 Å². The Hall–Kier alpha value is -0.670. The largest absolute Gasteiger partial charge is 0.353 e. The zero-order valence-electron chi connectivity index (χ0n) is 23.3. The lowest BCUT2D eigenvalue weighted by molar-refractivity contribution is -0.234. The van der Waals surface area contributed by atoms with Gasteiger partial charge in [-0.25, -0.2) is 0 Å². The maximum Gasteiger partial charge on any atom is 0.162 e. The number of ether oxygens (including phenoxy) is 4. The summed E-state index contributed by atoms with van der Waals surface area (Å²) < 4.78 is 24.6. The first kappa shape index (κ1) is 27.4. The van der Waals surface area contributed by atoms with Crippen molar-refractivity contribution in [2.24, 2.45) is 35.0 Å². The topological polar surface area (TPSA) is 60.7 Å². The fraction of sp³-hybridized carbons (Fsp3) is 0.967. The molecule has 5 nitrogen and oxygen atoms in total. The van der Waals surface area contributed by atoms with Crippen molar-refractivity contribution >= 4 is 0 Å². The first-order valence-corrected chi connectivity index (χ1v) is 14.8. The van der Waals surface area contributed by atoms with Crippen LogP contribution >= 0.6 is 0 Å². The third kappa shape index (κ3) is 4.95. The van der Waals surface area contributed by atoms with Gasteiger partial charge in [0.1, 0.15) is 0 Å². The molecule has 200 valence electrons. The zero-order valence-corrected chi connectivity index (χ0v) is 23.3. The molecule has 0 aliphatic heterocycles. The molecule has 3 unspecified atom stereocenters. The Morgan fingerprint density at radius 2 is 1.51 bits per heavy atom. The van der Waals surface area contributed by atoms with E-state index in [9.17, 15) is 5.26 Å². The molecule has 10 atom stereocenters. The van der Waals surface area contributed by atoms with E-state index >= 15 is 0 Å². The smallest absolute Gasteiger partial charge is 0.162 e. The van der Waals surface area contributed by atoms with Crippen LogP contribution in [-0.4, -0.2) is 37.0 Å². The fourth-order valence-electron chi connectivity index (χ4n) is 9.37. The van der Waals surface area contributed by atoms with E-state index in [1.54, 1.807) is 0 Å². The molecule has 0 aromatic carbocycles. The van der Waals surface area contributed by atoms with Crippen molar-refractivity contribution in [3.05, 3.63) is 0 Å². The van der Waals surface area contributed by atoms with Crippen molar-refractivity contribution in [1.29, 1.82) is 5.26 Å². The summed E-state index contributed by atoms with van der Waals surface area (Å²) in [7, 11) is 0. The highest BCUT2D eigenvalue weighted by atomic mass is 16.7. The molecular formula is C30H51NO4. The van der Waals surface area contributed by atoms with Gasteiger partial charge in [-0.05, 0) is 121 Å². The highest BCUT2D eigenvalue weighted by molar-refractivity contribution is 5.21. The van der Waals surface area contributed by atoms with Gasteiger partial charge in [-0.2, -0.15) is 5.26 Å². The van der Waals surface area contributed by atoms with E-state index in [2.05, 4.69) is 26.8 Å². The number of rotatable bonds is 10. The molecule has 35 heavy (non-hydrogen) atoms. The van der Waals surface area contributed by atoms with E-state index < -0.39 is 5.60 Å². The van der Waals surface area contributed by atoms with Gasteiger partial charge in [0.2, 0.25) is 0 Å². The second-order valence-corrected chi connectivity index (χ2v) is 12.3. The Balaban J connectivity index is 1.48. The van der Waals surface area contributed by atoms with Gasteiger partial charge in [0.05, 0.1) is 11.7 Å². The molecule has 0 radical (unpaired) electrons. The molecule has 0 aromatic heterocycles. The Kier molecular flexibility index (Phi) is 8.58. The summed E-state index contributed by atoms with van der Waals surface area (Å²) in [6.45, 7) is 14.0. The SMILES string of the molecule is CCC[C@]1(OC(C)OCC)CC[C@H]2[C@H](CC[C@@H]3[C@@H]2CC[C@@]2(C)[C@H]3CCC2(C#N)OC(C)OCC)C1. The molecule has 5 heteroatoms. The summed E-state index contributed by atoms with van der Waals surface area (Å²) in [5.74, 6) is 3.71. The summed E-state index contributed by atoms with van der Waals surface area (Å²) in [6, 6.07) is 2.68. The second-order valence-electron chi connectivity index (χ2n) is 12.3. The average molecular weight is 490 g/mol. The van der Waals surface area contributed by atoms with Crippen LogP contribution in [0.15, 0.2) is 0 Å². The quantitative estimate of drug-likeness (QED) is 0.303. The van der Waals surface area contributed by atoms with Crippen LogP contribution in [0, 0.1) is 46.3 Å². The third-order valence-corrected chi connectivity index (χ3v) is 10.7. The molecule has 0 aromatic rings. The van der Waals surface area contributed by atoms with Crippen LogP contribution in [0.5, 0.6) is 0 Å². The molecule has 0 saturated heterocycles. The van der Waals surface area contributed by atoms with Gasteiger partial charge < -0.3 is 18.9 Å². The first-order valence-electron chi connectivity index (χ1n) is 14.8. The third-order valence-electron chi connectivity index (χ3n) is 10.7. The second kappa shape index (κ2) is 11.0. The van der Waals surface area contributed by atoms with Crippen LogP contribution in [0.2, 0.25) is 0 Å². The number of hydrogen-bond acceptors (Lipinski definition) is 5.